The fourth-order valence-corrected chi connectivity index (χ4v) is 7.97. The Hall–Kier alpha value is -2.83. The van der Waals surface area contributed by atoms with E-state index in [9.17, 15) is 18.0 Å². The predicted molar refractivity (Wildman–Crippen MR) is 159 cm³/mol. The van der Waals surface area contributed by atoms with Gasteiger partial charge in [-0.05, 0) is 62.9 Å². The third-order valence-corrected chi connectivity index (χ3v) is 9.98. The Kier molecular flexibility index (Phi) is 7.67. The fourth-order valence-electron chi connectivity index (χ4n) is 5.65. The summed E-state index contributed by atoms with van der Waals surface area (Å²) in [7, 11) is 0. The summed E-state index contributed by atoms with van der Waals surface area (Å²) in [6.07, 6.45) is -1.10. The van der Waals surface area contributed by atoms with Gasteiger partial charge in [-0.25, -0.2) is 9.97 Å². The number of halogens is 3. The van der Waals surface area contributed by atoms with Gasteiger partial charge < -0.3 is 20.4 Å². The van der Waals surface area contributed by atoms with Gasteiger partial charge in [0.1, 0.15) is 10.4 Å². The second-order valence-electron chi connectivity index (χ2n) is 11.0. The number of fused-ring (bicyclic) bond motifs is 1. The van der Waals surface area contributed by atoms with Crippen molar-refractivity contribution in [2.24, 2.45) is 0 Å². The van der Waals surface area contributed by atoms with Crippen molar-refractivity contribution in [2.45, 2.75) is 69.2 Å². The Labute approximate surface area is 245 Å². The van der Waals surface area contributed by atoms with Crippen LogP contribution < -0.4 is 15.5 Å². The number of anilines is 3. The number of aromatic nitrogens is 2. The van der Waals surface area contributed by atoms with Crippen LogP contribution in [0, 0.1) is 0 Å². The van der Waals surface area contributed by atoms with Crippen LogP contribution in [-0.4, -0.2) is 64.3 Å². The monoisotopic (exact) mass is 602 g/mol. The highest BCUT2D eigenvalue weighted by molar-refractivity contribution is 7.99. The summed E-state index contributed by atoms with van der Waals surface area (Å²) >= 11 is 2.60. The van der Waals surface area contributed by atoms with Crippen molar-refractivity contribution in [3.63, 3.8) is 0 Å². The molecular weight excluding hydrogens is 569 g/mol. The van der Waals surface area contributed by atoms with E-state index in [1.807, 2.05) is 24.0 Å². The topological polar surface area (TPSA) is 73.4 Å². The van der Waals surface area contributed by atoms with E-state index in [0.717, 1.165) is 77.5 Å². The molecule has 2 N–H and O–H groups in total. The van der Waals surface area contributed by atoms with E-state index >= 15 is 0 Å². The first-order chi connectivity index (χ1) is 19.6. The molecule has 12 heteroatoms. The quantitative estimate of drug-likeness (QED) is 0.337. The molecule has 2 unspecified atom stereocenters. The highest BCUT2D eigenvalue weighted by atomic mass is 32.2. The minimum absolute atomic E-state index is 0.0852. The lowest BCUT2D eigenvalue weighted by Crippen LogP contribution is -2.54. The number of hydrogen-bond donors (Lipinski definition) is 2. The molecule has 1 aliphatic carbocycles. The zero-order valence-corrected chi connectivity index (χ0v) is 24.8. The highest BCUT2D eigenvalue weighted by Crippen LogP contribution is 2.44. The Morgan fingerprint density at radius 3 is 2.59 bits per heavy atom. The van der Waals surface area contributed by atoms with Gasteiger partial charge in [-0.2, -0.15) is 13.2 Å². The van der Waals surface area contributed by atoms with E-state index in [0.29, 0.717) is 28.4 Å². The van der Waals surface area contributed by atoms with Crippen LogP contribution in [0.25, 0.3) is 10.6 Å². The number of aryl methyl sites for hydroxylation is 1. The van der Waals surface area contributed by atoms with Crippen LogP contribution in [0.5, 0.6) is 0 Å². The molecule has 0 bridgehead atoms. The van der Waals surface area contributed by atoms with Crippen LogP contribution in [-0.2, 0) is 12.6 Å². The standard InChI is InChI=1S/C29H33F3N6OS2/c1-4-18-11-20(37-14-16(2)34-17(3)15-37)7-8-22(18)35-28-33-13-21(29(30,31)32)25(36-28)23-12-24-26(41-23)27(39)38(9-10-40-24)19-5-6-19/h7-8,11-13,16-17,19,34H,4-6,9-10,14-15H2,1-3H3,(H,33,35,36). The lowest BCUT2D eigenvalue weighted by atomic mass is 10.1. The number of piperazine rings is 1. The fraction of sp³-hybridized carbons (Fsp3) is 0.483. The van der Waals surface area contributed by atoms with Gasteiger partial charge in [0.2, 0.25) is 5.95 Å². The molecule has 218 valence electrons. The minimum Gasteiger partial charge on any atom is -0.368 e. The number of alkyl halides is 3. The van der Waals surface area contributed by atoms with Crippen LogP contribution in [0.3, 0.4) is 0 Å². The number of nitrogens with zero attached hydrogens (tertiary/aromatic N) is 4. The first-order valence-electron chi connectivity index (χ1n) is 14.0. The molecule has 2 fully saturated rings. The summed E-state index contributed by atoms with van der Waals surface area (Å²) in [5.74, 6) is 0.711. The maximum absolute atomic E-state index is 14.1. The van der Waals surface area contributed by atoms with E-state index in [4.69, 9.17) is 0 Å². The van der Waals surface area contributed by atoms with E-state index in [1.54, 1.807) is 6.07 Å². The van der Waals surface area contributed by atoms with Gasteiger partial charge in [0, 0.05) is 66.0 Å². The van der Waals surface area contributed by atoms with Gasteiger partial charge in [0.15, 0.2) is 0 Å². The maximum Gasteiger partial charge on any atom is 0.420 e. The molecule has 6 rings (SSSR count). The number of carbonyl (C=O) groups excluding carboxylic acids is 1. The molecule has 1 saturated carbocycles. The van der Waals surface area contributed by atoms with Gasteiger partial charge in [-0.15, -0.1) is 23.1 Å². The molecule has 1 amide bonds. The van der Waals surface area contributed by atoms with E-state index in [2.05, 4.69) is 45.4 Å². The molecule has 3 aromatic rings. The third-order valence-electron chi connectivity index (χ3n) is 7.70. The summed E-state index contributed by atoms with van der Waals surface area (Å²) in [4.78, 5) is 27.4. The van der Waals surface area contributed by atoms with Crippen LogP contribution >= 0.6 is 23.1 Å². The molecule has 1 aromatic carbocycles. The lowest BCUT2D eigenvalue weighted by molar-refractivity contribution is -0.137. The molecule has 2 atom stereocenters. The van der Waals surface area contributed by atoms with Crippen molar-refractivity contribution in [1.82, 2.24) is 20.2 Å². The van der Waals surface area contributed by atoms with Crippen molar-refractivity contribution in [3.05, 3.63) is 46.5 Å². The molecular formula is C29H33F3N6OS2. The normalized spacial score (nSPS) is 21.6. The average Bonchev–Trinajstić information content (AvgIpc) is 3.70. The Morgan fingerprint density at radius 1 is 1.15 bits per heavy atom. The number of benzene rings is 1. The van der Waals surface area contributed by atoms with Gasteiger partial charge in [0.25, 0.3) is 5.91 Å². The zero-order chi connectivity index (χ0) is 28.9. The van der Waals surface area contributed by atoms with Crippen molar-refractivity contribution in [2.75, 3.05) is 35.6 Å². The number of rotatable bonds is 6. The molecule has 3 aliphatic rings. The van der Waals surface area contributed by atoms with Crippen molar-refractivity contribution in [1.29, 1.82) is 0 Å². The highest BCUT2D eigenvalue weighted by Gasteiger charge is 2.39. The molecule has 41 heavy (non-hydrogen) atoms. The lowest BCUT2D eigenvalue weighted by Gasteiger charge is -2.38. The van der Waals surface area contributed by atoms with E-state index in [-0.39, 0.29) is 23.6 Å². The summed E-state index contributed by atoms with van der Waals surface area (Å²) in [5, 5.41) is 6.72. The van der Waals surface area contributed by atoms with Crippen molar-refractivity contribution < 1.29 is 18.0 Å². The smallest absolute Gasteiger partial charge is 0.368 e. The summed E-state index contributed by atoms with van der Waals surface area (Å²) in [6, 6.07) is 8.78. The number of hydrogen-bond acceptors (Lipinski definition) is 8. The number of thioether (sulfide) groups is 1. The number of nitrogens with one attached hydrogen (secondary N) is 2. The van der Waals surface area contributed by atoms with Gasteiger partial charge in [0.05, 0.1) is 10.6 Å². The summed E-state index contributed by atoms with van der Waals surface area (Å²) in [5.41, 5.74) is 1.77. The van der Waals surface area contributed by atoms with E-state index in [1.165, 1.54) is 11.8 Å². The first kappa shape index (κ1) is 28.3. The SMILES string of the molecule is CCc1cc(N2CC(C)NC(C)C2)ccc1Nc1ncc(C(F)(F)F)c(-c2cc3c(s2)C(=O)N(C2CC2)CCS3)n1. The predicted octanol–water partition coefficient (Wildman–Crippen LogP) is 6.43. The molecule has 1 saturated heterocycles. The Balaban J connectivity index is 1.32. The average molecular weight is 603 g/mol. The number of thiophene rings is 1. The third kappa shape index (κ3) is 5.91. The largest absolute Gasteiger partial charge is 0.420 e. The van der Waals surface area contributed by atoms with Crippen LogP contribution in [0.1, 0.15) is 54.4 Å². The van der Waals surface area contributed by atoms with E-state index < -0.39 is 11.7 Å². The molecule has 0 radical (unpaired) electrons. The molecule has 2 aromatic heterocycles. The molecule has 2 aliphatic heterocycles. The van der Waals surface area contributed by atoms with Gasteiger partial charge in [-0.3, -0.25) is 4.79 Å². The Morgan fingerprint density at radius 2 is 1.90 bits per heavy atom. The zero-order valence-electron chi connectivity index (χ0n) is 23.2. The van der Waals surface area contributed by atoms with Crippen molar-refractivity contribution >= 4 is 46.3 Å². The molecule has 4 heterocycles. The Bertz CT molecular complexity index is 1450. The number of carbonyl (C=O) groups is 1. The summed E-state index contributed by atoms with van der Waals surface area (Å²) < 4.78 is 42.3. The second-order valence-corrected chi connectivity index (χ2v) is 13.2. The van der Waals surface area contributed by atoms with Crippen molar-refractivity contribution in [3.8, 4) is 10.6 Å². The first-order valence-corrected chi connectivity index (χ1v) is 15.8. The number of amides is 1. The van der Waals surface area contributed by atoms with Crippen LogP contribution in [0.15, 0.2) is 35.4 Å². The van der Waals surface area contributed by atoms with Crippen LogP contribution in [0.4, 0.5) is 30.5 Å². The maximum atomic E-state index is 14.1. The second kappa shape index (κ2) is 11.1. The van der Waals surface area contributed by atoms with Crippen LogP contribution in [0.2, 0.25) is 0 Å². The van der Waals surface area contributed by atoms with Gasteiger partial charge in [-0.1, -0.05) is 6.92 Å². The minimum atomic E-state index is -4.64. The van der Waals surface area contributed by atoms with Gasteiger partial charge >= 0.3 is 6.18 Å². The molecule has 0 spiro atoms. The summed E-state index contributed by atoms with van der Waals surface area (Å²) in [6.45, 7) is 8.84. The molecule has 7 nitrogen and oxygen atoms in total.